The van der Waals surface area contributed by atoms with Crippen LogP contribution in [0, 0.1) is 0 Å². The number of piperazine rings is 1. The first-order valence-corrected chi connectivity index (χ1v) is 7.15. The number of hydrogen-bond acceptors (Lipinski definition) is 6. The van der Waals surface area contributed by atoms with Gasteiger partial charge in [0.05, 0.1) is 6.04 Å². The highest BCUT2D eigenvalue weighted by Crippen LogP contribution is 2.24. The standard InChI is InChI=1S/C14H20N4O2/c1-3-11-4-5-12(19-11)14-16-13(17-20-14)10(2)18-8-6-15-7-9-18/h4-5,10,15H,3,6-9H2,1-2H3. The van der Waals surface area contributed by atoms with Gasteiger partial charge in [-0.3, -0.25) is 4.90 Å². The predicted octanol–water partition coefficient (Wildman–Crippen LogP) is 1.86. The summed E-state index contributed by atoms with van der Waals surface area (Å²) in [7, 11) is 0. The molecule has 1 aliphatic heterocycles. The van der Waals surface area contributed by atoms with Crippen molar-refractivity contribution in [1.82, 2.24) is 20.4 Å². The SMILES string of the molecule is CCc1ccc(-c2nc(C(C)N3CCNCC3)no2)o1. The van der Waals surface area contributed by atoms with Crippen LogP contribution in [0.2, 0.25) is 0 Å². The van der Waals surface area contributed by atoms with Gasteiger partial charge >= 0.3 is 0 Å². The van der Waals surface area contributed by atoms with Gasteiger partial charge in [-0.25, -0.2) is 0 Å². The average Bonchev–Trinajstić information content (AvgIpc) is 3.16. The Balaban J connectivity index is 1.75. The smallest absolute Gasteiger partial charge is 0.293 e. The van der Waals surface area contributed by atoms with E-state index in [2.05, 4.69) is 27.3 Å². The van der Waals surface area contributed by atoms with Crippen LogP contribution in [0.5, 0.6) is 0 Å². The molecule has 0 aromatic carbocycles. The highest BCUT2D eigenvalue weighted by Gasteiger charge is 2.23. The Morgan fingerprint density at radius 2 is 2.15 bits per heavy atom. The second kappa shape index (κ2) is 5.76. The van der Waals surface area contributed by atoms with Gasteiger partial charge in [-0.2, -0.15) is 4.98 Å². The summed E-state index contributed by atoms with van der Waals surface area (Å²) in [6.07, 6.45) is 0.859. The molecule has 108 valence electrons. The van der Waals surface area contributed by atoms with Crippen molar-refractivity contribution in [3.8, 4) is 11.7 Å². The van der Waals surface area contributed by atoms with Gasteiger partial charge in [-0.05, 0) is 19.1 Å². The van der Waals surface area contributed by atoms with Crippen molar-refractivity contribution >= 4 is 0 Å². The van der Waals surface area contributed by atoms with Crippen molar-refractivity contribution in [2.24, 2.45) is 0 Å². The van der Waals surface area contributed by atoms with Crippen LogP contribution in [-0.4, -0.2) is 41.2 Å². The average molecular weight is 276 g/mol. The van der Waals surface area contributed by atoms with Crippen LogP contribution in [0.1, 0.15) is 31.5 Å². The maximum absolute atomic E-state index is 5.64. The van der Waals surface area contributed by atoms with Gasteiger partial charge in [0.1, 0.15) is 5.76 Å². The Hall–Kier alpha value is -1.66. The molecule has 0 radical (unpaired) electrons. The lowest BCUT2D eigenvalue weighted by molar-refractivity contribution is 0.176. The number of nitrogens with zero attached hydrogens (tertiary/aromatic N) is 3. The molecule has 3 heterocycles. The predicted molar refractivity (Wildman–Crippen MR) is 74.2 cm³/mol. The largest absolute Gasteiger partial charge is 0.456 e. The lowest BCUT2D eigenvalue weighted by atomic mass is 10.2. The molecule has 1 N–H and O–H groups in total. The molecule has 0 bridgehead atoms. The fourth-order valence-electron chi connectivity index (χ4n) is 2.42. The van der Waals surface area contributed by atoms with E-state index in [1.165, 1.54) is 0 Å². The lowest BCUT2D eigenvalue weighted by Crippen LogP contribution is -2.44. The molecule has 20 heavy (non-hydrogen) atoms. The van der Waals surface area contributed by atoms with Crippen LogP contribution in [0.4, 0.5) is 0 Å². The van der Waals surface area contributed by atoms with Crippen molar-refractivity contribution in [2.75, 3.05) is 26.2 Å². The summed E-state index contributed by atoms with van der Waals surface area (Å²) in [6, 6.07) is 3.99. The first-order chi connectivity index (χ1) is 9.78. The van der Waals surface area contributed by atoms with Crippen molar-refractivity contribution in [1.29, 1.82) is 0 Å². The number of aromatic nitrogens is 2. The van der Waals surface area contributed by atoms with E-state index in [0.717, 1.165) is 44.2 Å². The number of furan rings is 1. The monoisotopic (exact) mass is 276 g/mol. The molecule has 6 heteroatoms. The Morgan fingerprint density at radius 3 is 2.85 bits per heavy atom. The normalized spacial score (nSPS) is 18.3. The van der Waals surface area contributed by atoms with Crippen LogP contribution >= 0.6 is 0 Å². The van der Waals surface area contributed by atoms with Gasteiger partial charge in [0.2, 0.25) is 0 Å². The fourth-order valence-corrected chi connectivity index (χ4v) is 2.42. The van der Waals surface area contributed by atoms with Crippen LogP contribution in [0.15, 0.2) is 21.1 Å². The van der Waals surface area contributed by atoms with Crippen LogP contribution < -0.4 is 5.32 Å². The molecular weight excluding hydrogens is 256 g/mol. The molecule has 2 aromatic rings. The summed E-state index contributed by atoms with van der Waals surface area (Å²) < 4.78 is 11.0. The summed E-state index contributed by atoms with van der Waals surface area (Å²) in [5, 5.41) is 7.43. The van der Waals surface area contributed by atoms with E-state index < -0.39 is 0 Å². The second-order valence-electron chi connectivity index (χ2n) is 5.04. The van der Waals surface area contributed by atoms with Crippen molar-refractivity contribution in [3.63, 3.8) is 0 Å². The number of rotatable bonds is 4. The molecule has 6 nitrogen and oxygen atoms in total. The van der Waals surface area contributed by atoms with Gasteiger partial charge < -0.3 is 14.3 Å². The molecule has 3 rings (SSSR count). The molecular formula is C14H20N4O2. The number of nitrogens with one attached hydrogen (secondary N) is 1. The van der Waals surface area contributed by atoms with E-state index >= 15 is 0 Å². The zero-order valence-electron chi connectivity index (χ0n) is 11.9. The maximum atomic E-state index is 5.64. The quantitative estimate of drug-likeness (QED) is 0.919. The van der Waals surface area contributed by atoms with Gasteiger partial charge in [-0.1, -0.05) is 12.1 Å². The van der Waals surface area contributed by atoms with E-state index in [1.807, 2.05) is 19.1 Å². The third-order valence-corrected chi connectivity index (χ3v) is 3.74. The molecule has 0 spiro atoms. The number of hydrogen-bond donors (Lipinski definition) is 1. The molecule has 1 aliphatic rings. The first kappa shape index (κ1) is 13.3. The number of aryl methyl sites for hydroxylation is 1. The molecule has 2 aromatic heterocycles. The van der Waals surface area contributed by atoms with Crippen LogP contribution in [0.3, 0.4) is 0 Å². The van der Waals surface area contributed by atoms with Gasteiger partial charge in [0, 0.05) is 32.6 Å². The molecule has 0 aliphatic carbocycles. The molecule has 0 amide bonds. The topological polar surface area (TPSA) is 67.3 Å². The van der Waals surface area contributed by atoms with Crippen LogP contribution in [0.25, 0.3) is 11.7 Å². The van der Waals surface area contributed by atoms with Gasteiger partial charge in [-0.15, -0.1) is 0 Å². The van der Waals surface area contributed by atoms with Crippen molar-refractivity contribution in [2.45, 2.75) is 26.3 Å². The van der Waals surface area contributed by atoms with Crippen molar-refractivity contribution < 1.29 is 8.94 Å². The Morgan fingerprint density at radius 1 is 1.35 bits per heavy atom. The third-order valence-electron chi connectivity index (χ3n) is 3.74. The first-order valence-electron chi connectivity index (χ1n) is 7.15. The zero-order valence-corrected chi connectivity index (χ0v) is 11.9. The summed E-state index contributed by atoms with van der Waals surface area (Å²) >= 11 is 0. The molecule has 1 saturated heterocycles. The zero-order chi connectivity index (χ0) is 13.9. The Kier molecular flexibility index (Phi) is 3.84. The van der Waals surface area contributed by atoms with E-state index in [0.29, 0.717) is 11.7 Å². The lowest BCUT2D eigenvalue weighted by Gasteiger charge is -2.30. The van der Waals surface area contributed by atoms with Crippen molar-refractivity contribution in [3.05, 3.63) is 23.7 Å². The van der Waals surface area contributed by atoms with E-state index in [1.54, 1.807) is 0 Å². The highest BCUT2D eigenvalue weighted by atomic mass is 16.5. The highest BCUT2D eigenvalue weighted by molar-refractivity contribution is 5.44. The minimum Gasteiger partial charge on any atom is -0.456 e. The van der Waals surface area contributed by atoms with Crippen LogP contribution in [-0.2, 0) is 6.42 Å². The Labute approximate surface area is 118 Å². The summed E-state index contributed by atoms with van der Waals surface area (Å²) in [6.45, 7) is 8.19. The maximum Gasteiger partial charge on any atom is 0.293 e. The summed E-state index contributed by atoms with van der Waals surface area (Å²) in [4.78, 5) is 6.82. The molecule has 0 saturated carbocycles. The van der Waals surface area contributed by atoms with E-state index in [-0.39, 0.29) is 6.04 Å². The summed E-state index contributed by atoms with van der Waals surface area (Å²) in [5.41, 5.74) is 0. The second-order valence-corrected chi connectivity index (χ2v) is 5.04. The van der Waals surface area contributed by atoms with E-state index in [9.17, 15) is 0 Å². The van der Waals surface area contributed by atoms with Gasteiger partial charge in [0.15, 0.2) is 11.6 Å². The molecule has 1 unspecified atom stereocenters. The van der Waals surface area contributed by atoms with Gasteiger partial charge in [0.25, 0.3) is 5.89 Å². The third kappa shape index (κ3) is 2.62. The minimum atomic E-state index is 0.162. The Bertz CT molecular complexity index is 557. The minimum absolute atomic E-state index is 0.162. The molecule has 1 fully saturated rings. The fraction of sp³-hybridized carbons (Fsp3) is 0.571. The van der Waals surface area contributed by atoms with E-state index in [4.69, 9.17) is 8.94 Å². The molecule has 1 atom stereocenters. The summed E-state index contributed by atoms with van der Waals surface area (Å²) in [5.74, 6) is 2.75.